The van der Waals surface area contributed by atoms with E-state index in [-0.39, 0.29) is 5.97 Å². The van der Waals surface area contributed by atoms with Gasteiger partial charge in [-0.15, -0.1) is 6.58 Å². The summed E-state index contributed by atoms with van der Waals surface area (Å²) in [5, 5.41) is 0. The molecule has 0 fully saturated rings. The summed E-state index contributed by atoms with van der Waals surface area (Å²) in [5.41, 5.74) is 1.32. The normalized spacial score (nSPS) is 11.8. The Hall–Kier alpha value is -1.57. The zero-order valence-corrected chi connectivity index (χ0v) is 11.1. The summed E-state index contributed by atoms with van der Waals surface area (Å²) < 4.78 is 4.75. The fourth-order valence-corrected chi connectivity index (χ4v) is 2.04. The Kier molecular flexibility index (Phi) is 6.85. The minimum atomic E-state index is -0.114. The van der Waals surface area contributed by atoms with Crippen LogP contribution in [0.4, 0.5) is 0 Å². The van der Waals surface area contributed by atoms with Crippen molar-refractivity contribution in [1.82, 2.24) is 0 Å². The second-order valence-corrected chi connectivity index (χ2v) is 4.54. The van der Waals surface area contributed by atoms with Gasteiger partial charge in [0.05, 0.1) is 7.11 Å². The SMILES string of the molecule is C=CCC[C@H](CCc1ccccc1)CC(=O)OC. The maximum Gasteiger partial charge on any atom is 0.305 e. The number of benzene rings is 1. The van der Waals surface area contributed by atoms with Gasteiger partial charge in [0, 0.05) is 6.42 Å². The molecular weight excluding hydrogens is 224 g/mol. The van der Waals surface area contributed by atoms with Crippen molar-refractivity contribution < 1.29 is 9.53 Å². The summed E-state index contributed by atoms with van der Waals surface area (Å²) in [6.45, 7) is 3.73. The molecular formula is C16H22O2. The van der Waals surface area contributed by atoms with Crippen LogP contribution in [0.25, 0.3) is 0 Å². The number of rotatable bonds is 8. The minimum Gasteiger partial charge on any atom is -0.469 e. The van der Waals surface area contributed by atoms with Crippen LogP contribution in [0.3, 0.4) is 0 Å². The van der Waals surface area contributed by atoms with Gasteiger partial charge in [-0.25, -0.2) is 0 Å². The van der Waals surface area contributed by atoms with E-state index in [4.69, 9.17) is 4.74 Å². The van der Waals surface area contributed by atoms with Gasteiger partial charge in [-0.3, -0.25) is 4.79 Å². The molecule has 98 valence electrons. The third kappa shape index (κ3) is 5.67. The summed E-state index contributed by atoms with van der Waals surface area (Å²) >= 11 is 0. The molecule has 0 amide bonds. The van der Waals surface area contributed by atoms with E-state index in [0.717, 1.165) is 25.7 Å². The Morgan fingerprint density at radius 3 is 2.67 bits per heavy atom. The quantitative estimate of drug-likeness (QED) is 0.515. The number of allylic oxidation sites excluding steroid dienone is 1. The summed E-state index contributed by atoms with van der Waals surface area (Å²) in [6.07, 6.45) is 6.42. The predicted molar refractivity (Wildman–Crippen MR) is 74.3 cm³/mol. The smallest absolute Gasteiger partial charge is 0.305 e. The van der Waals surface area contributed by atoms with E-state index in [2.05, 4.69) is 18.7 Å². The lowest BCUT2D eigenvalue weighted by Crippen LogP contribution is -2.11. The molecule has 0 aromatic heterocycles. The van der Waals surface area contributed by atoms with Gasteiger partial charge in [-0.1, -0.05) is 36.4 Å². The van der Waals surface area contributed by atoms with Crippen LogP contribution in [-0.2, 0) is 16.0 Å². The topological polar surface area (TPSA) is 26.3 Å². The lowest BCUT2D eigenvalue weighted by Gasteiger charge is -2.14. The first-order valence-electron chi connectivity index (χ1n) is 6.48. The van der Waals surface area contributed by atoms with Gasteiger partial charge in [0.25, 0.3) is 0 Å². The molecule has 18 heavy (non-hydrogen) atoms. The third-order valence-electron chi connectivity index (χ3n) is 3.15. The number of carbonyl (C=O) groups is 1. The van der Waals surface area contributed by atoms with Crippen molar-refractivity contribution in [3.63, 3.8) is 0 Å². The maximum atomic E-state index is 11.3. The van der Waals surface area contributed by atoms with E-state index in [9.17, 15) is 4.79 Å². The molecule has 0 saturated carbocycles. The van der Waals surface area contributed by atoms with E-state index in [1.165, 1.54) is 12.7 Å². The van der Waals surface area contributed by atoms with Crippen molar-refractivity contribution in [2.75, 3.05) is 7.11 Å². The number of carbonyl (C=O) groups excluding carboxylic acids is 1. The summed E-state index contributed by atoms with van der Waals surface area (Å²) in [7, 11) is 1.45. The fraction of sp³-hybridized carbons (Fsp3) is 0.438. The van der Waals surface area contributed by atoms with E-state index in [1.807, 2.05) is 24.3 Å². The van der Waals surface area contributed by atoms with E-state index in [0.29, 0.717) is 12.3 Å². The van der Waals surface area contributed by atoms with Gasteiger partial charge in [-0.05, 0) is 37.2 Å². The third-order valence-corrected chi connectivity index (χ3v) is 3.15. The van der Waals surface area contributed by atoms with Gasteiger partial charge in [0.1, 0.15) is 0 Å². The standard InChI is InChI=1S/C16H22O2/c1-3-4-8-15(13-16(17)18-2)12-11-14-9-6-5-7-10-14/h3,5-7,9-10,15H,1,4,8,11-13H2,2H3/t15-/m1/s1. The van der Waals surface area contributed by atoms with E-state index in [1.54, 1.807) is 0 Å². The summed E-state index contributed by atoms with van der Waals surface area (Å²) in [6, 6.07) is 10.4. The van der Waals surface area contributed by atoms with Crippen molar-refractivity contribution in [2.45, 2.75) is 32.1 Å². The van der Waals surface area contributed by atoms with Gasteiger partial charge in [0.15, 0.2) is 0 Å². The molecule has 1 atom stereocenters. The first kappa shape index (κ1) is 14.5. The molecule has 0 spiro atoms. The lowest BCUT2D eigenvalue weighted by molar-refractivity contribution is -0.141. The van der Waals surface area contributed by atoms with Crippen LogP contribution in [0.5, 0.6) is 0 Å². The van der Waals surface area contributed by atoms with Gasteiger partial charge in [-0.2, -0.15) is 0 Å². The molecule has 1 aromatic carbocycles. The van der Waals surface area contributed by atoms with Crippen LogP contribution < -0.4 is 0 Å². The highest BCUT2D eigenvalue weighted by Crippen LogP contribution is 2.19. The predicted octanol–water partition coefficient (Wildman–Crippen LogP) is 3.76. The van der Waals surface area contributed by atoms with Crippen LogP contribution in [0.2, 0.25) is 0 Å². The van der Waals surface area contributed by atoms with Gasteiger partial charge >= 0.3 is 5.97 Å². The molecule has 0 bridgehead atoms. The van der Waals surface area contributed by atoms with Crippen molar-refractivity contribution in [3.8, 4) is 0 Å². The number of hydrogen-bond acceptors (Lipinski definition) is 2. The van der Waals surface area contributed by atoms with Crippen molar-refractivity contribution >= 4 is 5.97 Å². The number of esters is 1. The first-order valence-corrected chi connectivity index (χ1v) is 6.48. The molecule has 0 heterocycles. The summed E-state index contributed by atoms with van der Waals surface area (Å²) in [4.78, 5) is 11.3. The number of hydrogen-bond donors (Lipinski definition) is 0. The van der Waals surface area contributed by atoms with E-state index >= 15 is 0 Å². The Balaban J connectivity index is 2.44. The molecule has 0 saturated heterocycles. The Labute approximate surface area is 110 Å². The molecule has 2 heteroatoms. The largest absolute Gasteiger partial charge is 0.469 e. The molecule has 1 aromatic rings. The molecule has 1 rings (SSSR count). The highest BCUT2D eigenvalue weighted by molar-refractivity contribution is 5.69. The zero-order chi connectivity index (χ0) is 13.2. The molecule has 0 radical (unpaired) electrons. The second-order valence-electron chi connectivity index (χ2n) is 4.54. The van der Waals surface area contributed by atoms with Crippen LogP contribution in [-0.4, -0.2) is 13.1 Å². The van der Waals surface area contributed by atoms with Crippen molar-refractivity contribution in [3.05, 3.63) is 48.6 Å². The van der Waals surface area contributed by atoms with Crippen molar-refractivity contribution in [2.24, 2.45) is 5.92 Å². The number of ether oxygens (including phenoxy) is 1. The Morgan fingerprint density at radius 2 is 2.06 bits per heavy atom. The van der Waals surface area contributed by atoms with Crippen LogP contribution in [0.15, 0.2) is 43.0 Å². The van der Waals surface area contributed by atoms with Gasteiger partial charge < -0.3 is 4.74 Å². The highest BCUT2D eigenvalue weighted by atomic mass is 16.5. The Bertz CT molecular complexity index is 357. The second kappa shape index (κ2) is 8.51. The molecule has 0 aliphatic carbocycles. The number of methoxy groups -OCH3 is 1. The highest BCUT2D eigenvalue weighted by Gasteiger charge is 2.13. The van der Waals surface area contributed by atoms with Gasteiger partial charge in [0.2, 0.25) is 0 Å². The minimum absolute atomic E-state index is 0.114. The van der Waals surface area contributed by atoms with Crippen LogP contribution in [0.1, 0.15) is 31.2 Å². The molecule has 2 nitrogen and oxygen atoms in total. The average molecular weight is 246 g/mol. The van der Waals surface area contributed by atoms with Crippen LogP contribution in [0, 0.1) is 5.92 Å². The molecule has 0 aliphatic rings. The van der Waals surface area contributed by atoms with Crippen molar-refractivity contribution in [1.29, 1.82) is 0 Å². The number of aryl methyl sites for hydroxylation is 1. The molecule has 0 aliphatic heterocycles. The monoisotopic (exact) mass is 246 g/mol. The van der Waals surface area contributed by atoms with E-state index < -0.39 is 0 Å². The van der Waals surface area contributed by atoms with Crippen LogP contribution >= 0.6 is 0 Å². The first-order chi connectivity index (χ1) is 8.76. The lowest BCUT2D eigenvalue weighted by atomic mass is 9.92. The maximum absolute atomic E-state index is 11.3. The fourth-order valence-electron chi connectivity index (χ4n) is 2.04. The average Bonchev–Trinajstić information content (AvgIpc) is 2.42. The zero-order valence-electron chi connectivity index (χ0n) is 11.1. The summed E-state index contributed by atoms with van der Waals surface area (Å²) in [5.74, 6) is 0.271. The molecule has 0 N–H and O–H groups in total. The molecule has 0 unspecified atom stereocenters. The Morgan fingerprint density at radius 1 is 1.33 bits per heavy atom.